The molecule has 0 unspecified atom stereocenters. The summed E-state index contributed by atoms with van der Waals surface area (Å²) in [6, 6.07) is 14.7. The quantitative estimate of drug-likeness (QED) is 0.461. The third-order valence-corrected chi connectivity index (χ3v) is 7.09. The molecule has 2 aromatic carbocycles. The summed E-state index contributed by atoms with van der Waals surface area (Å²) in [6.07, 6.45) is 3.29. The molecule has 0 bridgehead atoms. The number of hydrogen-bond acceptors (Lipinski definition) is 5. The maximum absolute atomic E-state index is 13.6. The van der Waals surface area contributed by atoms with Gasteiger partial charge in [-0.3, -0.25) is 9.59 Å². The van der Waals surface area contributed by atoms with Gasteiger partial charge in [0, 0.05) is 34.6 Å². The lowest BCUT2D eigenvalue weighted by Crippen LogP contribution is -2.40. The van der Waals surface area contributed by atoms with Crippen LogP contribution in [0, 0.1) is 0 Å². The summed E-state index contributed by atoms with van der Waals surface area (Å²) >= 11 is 0. The number of rotatable bonds is 2. The predicted octanol–water partition coefficient (Wildman–Crippen LogP) is 2.57. The standard InChI is InChI=1S/C27H21N3O5/c1-15-13-22(32)24-19(25(15)33)14-20-17(23(24)18-9-5-6-10-21(18)31)11-12-28-26(34)29(27(35)30(20)28)16-7-3-2-4-8-16/h2-11,13,20,23,31H,12,14H2,1H3/t20-,23-/m1/s1. The van der Waals surface area contributed by atoms with E-state index < -0.39 is 23.3 Å². The van der Waals surface area contributed by atoms with Gasteiger partial charge in [0.05, 0.1) is 18.3 Å². The van der Waals surface area contributed by atoms with Gasteiger partial charge in [-0.1, -0.05) is 42.5 Å². The number of phenolic OH excluding ortho intramolecular Hbond substituents is 1. The number of phenols is 1. The highest BCUT2D eigenvalue weighted by atomic mass is 16.3. The van der Waals surface area contributed by atoms with Gasteiger partial charge >= 0.3 is 11.4 Å². The molecule has 2 atom stereocenters. The minimum Gasteiger partial charge on any atom is -0.508 e. The summed E-state index contributed by atoms with van der Waals surface area (Å²) < 4.78 is 3.89. The summed E-state index contributed by atoms with van der Waals surface area (Å²) in [7, 11) is 0. The first-order chi connectivity index (χ1) is 16.9. The first-order valence-corrected chi connectivity index (χ1v) is 11.4. The van der Waals surface area contributed by atoms with E-state index in [0.717, 1.165) is 4.57 Å². The maximum Gasteiger partial charge on any atom is 0.352 e. The van der Waals surface area contributed by atoms with Crippen molar-refractivity contribution in [1.29, 1.82) is 0 Å². The topological polar surface area (TPSA) is 103 Å². The number of Topliss-reactive ketones (excluding diaryl/α,β-unsaturated/α-hetero) is 1. The number of para-hydroxylation sites is 2. The molecule has 0 radical (unpaired) electrons. The molecule has 0 amide bonds. The highest BCUT2D eigenvalue weighted by molar-refractivity contribution is 6.23. The molecule has 1 aromatic heterocycles. The van der Waals surface area contributed by atoms with Crippen molar-refractivity contribution in [3.05, 3.63) is 116 Å². The monoisotopic (exact) mass is 467 g/mol. The Kier molecular flexibility index (Phi) is 4.54. The molecule has 0 spiro atoms. The minimum absolute atomic E-state index is 0.00501. The summed E-state index contributed by atoms with van der Waals surface area (Å²) in [5.74, 6) is -1.24. The average Bonchev–Trinajstić information content (AvgIpc) is 3.12. The van der Waals surface area contributed by atoms with Crippen molar-refractivity contribution < 1.29 is 14.7 Å². The van der Waals surface area contributed by atoms with Crippen LogP contribution in [0.15, 0.2) is 98.6 Å². The molecule has 0 saturated heterocycles. The van der Waals surface area contributed by atoms with Crippen LogP contribution in [0.3, 0.4) is 0 Å². The molecular weight excluding hydrogens is 446 g/mol. The Labute approximate surface area is 199 Å². The zero-order chi connectivity index (χ0) is 24.4. The molecule has 0 fully saturated rings. The highest BCUT2D eigenvalue weighted by Gasteiger charge is 2.45. The average molecular weight is 467 g/mol. The van der Waals surface area contributed by atoms with E-state index in [1.54, 1.807) is 55.5 Å². The molecule has 6 rings (SSSR count). The lowest BCUT2D eigenvalue weighted by Gasteiger charge is -2.39. The van der Waals surface area contributed by atoms with E-state index in [0.29, 0.717) is 33.5 Å². The highest BCUT2D eigenvalue weighted by Crippen LogP contribution is 2.51. The van der Waals surface area contributed by atoms with Gasteiger partial charge in [-0.15, -0.1) is 0 Å². The number of nitrogens with zero attached hydrogens (tertiary/aromatic N) is 3. The summed E-state index contributed by atoms with van der Waals surface area (Å²) in [4.78, 5) is 53.3. The van der Waals surface area contributed by atoms with Crippen LogP contribution < -0.4 is 11.4 Å². The second-order valence-corrected chi connectivity index (χ2v) is 8.99. The molecule has 1 N–H and O–H groups in total. The van der Waals surface area contributed by atoms with E-state index in [4.69, 9.17) is 0 Å². The predicted molar refractivity (Wildman–Crippen MR) is 128 cm³/mol. The second-order valence-electron chi connectivity index (χ2n) is 8.99. The van der Waals surface area contributed by atoms with Crippen molar-refractivity contribution in [2.75, 3.05) is 0 Å². The van der Waals surface area contributed by atoms with Crippen molar-refractivity contribution in [1.82, 2.24) is 13.9 Å². The van der Waals surface area contributed by atoms with E-state index in [1.165, 1.54) is 21.5 Å². The van der Waals surface area contributed by atoms with Gasteiger partial charge in [0.15, 0.2) is 11.6 Å². The number of aromatic nitrogens is 3. The van der Waals surface area contributed by atoms with E-state index >= 15 is 0 Å². The Morgan fingerprint density at radius 1 is 0.914 bits per heavy atom. The molecular formula is C27H21N3O5. The fraction of sp³-hybridized carbons (Fsp3) is 0.185. The number of fused-ring (bicyclic) bond motifs is 3. The Balaban J connectivity index is 1.61. The molecule has 8 heteroatoms. The van der Waals surface area contributed by atoms with Gasteiger partial charge in [0.25, 0.3) is 0 Å². The van der Waals surface area contributed by atoms with Crippen LogP contribution in [-0.4, -0.2) is 30.6 Å². The van der Waals surface area contributed by atoms with Gasteiger partial charge in [0.1, 0.15) is 5.75 Å². The van der Waals surface area contributed by atoms with Crippen LogP contribution in [0.5, 0.6) is 5.75 Å². The van der Waals surface area contributed by atoms with Crippen molar-refractivity contribution >= 4 is 11.6 Å². The lowest BCUT2D eigenvalue weighted by atomic mass is 9.68. The third-order valence-electron chi connectivity index (χ3n) is 7.09. The van der Waals surface area contributed by atoms with E-state index in [-0.39, 0.29) is 30.3 Å². The smallest absolute Gasteiger partial charge is 0.352 e. The van der Waals surface area contributed by atoms with Crippen LogP contribution in [0.25, 0.3) is 5.69 Å². The van der Waals surface area contributed by atoms with Crippen LogP contribution in [0.2, 0.25) is 0 Å². The third kappa shape index (κ3) is 2.92. The number of benzene rings is 2. The van der Waals surface area contributed by atoms with Gasteiger partial charge < -0.3 is 5.11 Å². The molecule has 8 nitrogen and oxygen atoms in total. The van der Waals surface area contributed by atoms with Gasteiger partial charge in [-0.2, -0.15) is 0 Å². The zero-order valence-electron chi connectivity index (χ0n) is 18.8. The van der Waals surface area contributed by atoms with Gasteiger partial charge in [0.2, 0.25) is 0 Å². The SMILES string of the molecule is CC1=CC(=O)C2=C(C[C@@H]3C(=CCn4c(=O)n(-c5ccccc5)c(=O)n43)[C@@H]2c2ccccc2O)C1=O. The summed E-state index contributed by atoms with van der Waals surface area (Å²) in [5.41, 5.74) is 1.65. The Morgan fingerprint density at radius 3 is 2.37 bits per heavy atom. The van der Waals surface area contributed by atoms with Crippen molar-refractivity contribution in [3.63, 3.8) is 0 Å². The molecule has 2 heterocycles. The van der Waals surface area contributed by atoms with Crippen molar-refractivity contribution in [3.8, 4) is 11.4 Å². The molecule has 2 aliphatic carbocycles. The molecule has 1 aliphatic heterocycles. The Morgan fingerprint density at radius 2 is 1.63 bits per heavy atom. The number of hydrogen-bond donors (Lipinski definition) is 1. The number of carbonyl (C=O) groups excluding carboxylic acids is 2. The van der Waals surface area contributed by atoms with E-state index in [9.17, 15) is 24.3 Å². The van der Waals surface area contributed by atoms with Crippen LogP contribution in [0.1, 0.15) is 30.9 Å². The summed E-state index contributed by atoms with van der Waals surface area (Å²) in [5, 5.41) is 10.7. The second kappa shape index (κ2) is 7.53. The molecule has 0 saturated carbocycles. The van der Waals surface area contributed by atoms with Crippen molar-refractivity contribution in [2.24, 2.45) is 0 Å². The first-order valence-electron chi connectivity index (χ1n) is 11.4. The fourth-order valence-corrected chi connectivity index (χ4v) is 5.54. The lowest BCUT2D eigenvalue weighted by molar-refractivity contribution is -0.116. The minimum atomic E-state index is -0.707. The first kappa shape index (κ1) is 21.1. The normalized spacial score (nSPS) is 21.2. The van der Waals surface area contributed by atoms with Crippen LogP contribution in [0.4, 0.5) is 0 Å². The Bertz CT molecular complexity index is 1650. The summed E-state index contributed by atoms with van der Waals surface area (Å²) in [6.45, 7) is 1.72. The van der Waals surface area contributed by atoms with Gasteiger partial charge in [-0.25, -0.2) is 23.5 Å². The largest absolute Gasteiger partial charge is 0.508 e. The molecule has 174 valence electrons. The maximum atomic E-state index is 13.6. The molecule has 3 aliphatic rings. The van der Waals surface area contributed by atoms with Crippen molar-refractivity contribution in [2.45, 2.75) is 31.8 Å². The van der Waals surface area contributed by atoms with Gasteiger partial charge in [-0.05, 0) is 36.8 Å². The number of aromatic hydroxyl groups is 1. The Hall–Kier alpha value is -4.46. The molecule has 35 heavy (non-hydrogen) atoms. The zero-order valence-corrected chi connectivity index (χ0v) is 18.8. The number of allylic oxidation sites excluding steroid dienone is 6. The van der Waals surface area contributed by atoms with Crippen LogP contribution >= 0.6 is 0 Å². The number of carbonyl (C=O) groups is 2. The van der Waals surface area contributed by atoms with E-state index in [2.05, 4.69) is 0 Å². The molecule has 3 aromatic rings. The fourth-order valence-electron chi connectivity index (χ4n) is 5.54. The van der Waals surface area contributed by atoms with Crippen LogP contribution in [-0.2, 0) is 16.1 Å². The number of ketones is 2. The van der Waals surface area contributed by atoms with E-state index in [1.807, 2.05) is 6.08 Å².